The lowest BCUT2D eigenvalue weighted by Crippen LogP contribution is -2.55. The molecule has 3 heterocycles. The van der Waals surface area contributed by atoms with Gasteiger partial charge in [0.05, 0.1) is 50.1 Å². The quantitative estimate of drug-likeness (QED) is 0.248. The molecule has 2 unspecified atom stereocenters. The Morgan fingerprint density at radius 2 is 1.53 bits per heavy atom. The number of amides is 3. The average Bonchev–Trinajstić information content (AvgIpc) is 3.77. The highest BCUT2D eigenvalue weighted by Gasteiger charge is 2.45. The van der Waals surface area contributed by atoms with E-state index in [0.717, 1.165) is 23.3 Å². The zero-order valence-corrected chi connectivity index (χ0v) is 29.6. The highest BCUT2D eigenvalue weighted by atomic mass is 35.5. The van der Waals surface area contributed by atoms with E-state index in [-0.39, 0.29) is 42.2 Å². The molecule has 51 heavy (non-hydrogen) atoms. The standard InChI is InChI=1S/C36H38Cl2F3N5O5/c1-3-49-29-20-25(36(39,40)41)8-13-28(29)34-42-32(23-4-9-26(37)10-5-23)33(24-6-11-27(38)12-7-24)46(34)35(48)45-16-14-44(15-17-45)21-30(47)43(2)22-31-50-18-19-51-31/h4-13,20,31-33H,3,14-19,21-22H2,1-2H3. The van der Waals surface area contributed by atoms with Crippen LogP contribution < -0.4 is 4.74 Å². The minimum Gasteiger partial charge on any atom is -0.493 e. The van der Waals surface area contributed by atoms with E-state index in [4.69, 9.17) is 42.4 Å². The molecule has 3 aliphatic heterocycles. The minimum atomic E-state index is -4.61. The summed E-state index contributed by atoms with van der Waals surface area (Å²) in [6.45, 7) is 4.71. The number of halogens is 5. The molecule has 2 saturated heterocycles. The van der Waals surface area contributed by atoms with Gasteiger partial charge in [-0.05, 0) is 60.5 Å². The highest BCUT2D eigenvalue weighted by molar-refractivity contribution is 6.30. The Labute approximate surface area is 304 Å². The molecular weight excluding hydrogens is 710 g/mol. The Hall–Kier alpha value is -3.88. The van der Waals surface area contributed by atoms with Crippen molar-refractivity contribution in [2.75, 3.05) is 66.1 Å². The molecule has 15 heteroatoms. The summed E-state index contributed by atoms with van der Waals surface area (Å²) in [5, 5.41) is 1.01. The van der Waals surface area contributed by atoms with Crippen molar-refractivity contribution in [3.8, 4) is 5.75 Å². The van der Waals surface area contributed by atoms with E-state index in [9.17, 15) is 22.8 Å². The second-order valence-corrected chi connectivity index (χ2v) is 13.3. The van der Waals surface area contributed by atoms with Crippen LogP contribution in [0.1, 0.15) is 41.3 Å². The molecule has 0 spiro atoms. The Kier molecular flexibility index (Phi) is 11.4. The van der Waals surface area contributed by atoms with Gasteiger partial charge in [0.25, 0.3) is 0 Å². The minimum absolute atomic E-state index is 0.0451. The van der Waals surface area contributed by atoms with E-state index in [1.807, 2.05) is 29.2 Å². The van der Waals surface area contributed by atoms with Gasteiger partial charge in [-0.2, -0.15) is 13.2 Å². The number of alkyl halides is 3. The number of piperazine rings is 1. The smallest absolute Gasteiger partial charge is 0.416 e. The first-order valence-electron chi connectivity index (χ1n) is 16.6. The summed E-state index contributed by atoms with van der Waals surface area (Å²) in [4.78, 5) is 39.6. The third kappa shape index (κ3) is 8.44. The molecule has 0 bridgehead atoms. The largest absolute Gasteiger partial charge is 0.493 e. The van der Waals surface area contributed by atoms with Gasteiger partial charge in [-0.25, -0.2) is 4.79 Å². The predicted molar refractivity (Wildman–Crippen MR) is 186 cm³/mol. The van der Waals surface area contributed by atoms with Gasteiger partial charge >= 0.3 is 12.2 Å². The maximum Gasteiger partial charge on any atom is 0.416 e. The van der Waals surface area contributed by atoms with Gasteiger partial charge < -0.3 is 24.0 Å². The van der Waals surface area contributed by atoms with Gasteiger partial charge in [0.1, 0.15) is 17.6 Å². The lowest BCUT2D eigenvalue weighted by Gasteiger charge is -2.39. The van der Waals surface area contributed by atoms with Crippen LogP contribution in [0.2, 0.25) is 10.0 Å². The summed E-state index contributed by atoms with van der Waals surface area (Å²) in [5.74, 6) is 0.0335. The molecule has 272 valence electrons. The van der Waals surface area contributed by atoms with Crippen molar-refractivity contribution >= 4 is 41.0 Å². The fourth-order valence-electron chi connectivity index (χ4n) is 6.41. The molecule has 6 rings (SSSR count). The fraction of sp³-hybridized carbons (Fsp3) is 0.417. The molecular formula is C36H38Cl2F3N5O5. The van der Waals surface area contributed by atoms with Crippen LogP contribution in [-0.4, -0.2) is 110 Å². The number of urea groups is 1. The zero-order valence-electron chi connectivity index (χ0n) is 28.1. The average molecular weight is 749 g/mol. The van der Waals surface area contributed by atoms with Crippen molar-refractivity contribution in [3.05, 3.63) is 99.0 Å². The van der Waals surface area contributed by atoms with Crippen molar-refractivity contribution in [1.29, 1.82) is 0 Å². The van der Waals surface area contributed by atoms with Crippen molar-refractivity contribution in [2.45, 2.75) is 31.5 Å². The summed E-state index contributed by atoms with van der Waals surface area (Å²) in [5.41, 5.74) is 0.835. The summed E-state index contributed by atoms with van der Waals surface area (Å²) < 4.78 is 58.2. The number of benzene rings is 3. The maximum absolute atomic E-state index is 14.8. The second-order valence-electron chi connectivity index (χ2n) is 12.4. The van der Waals surface area contributed by atoms with Gasteiger partial charge in [0, 0.05) is 43.3 Å². The predicted octanol–water partition coefficient (Wildman–Crippen LogP) is 6.52. The van der Waals surface area contributed by atoms with Crippen LogP contribution in [0.25, 0.3) is 0 Å². The summed E-state index contributed by atoms with van der Waals surface area (Å²) in [6, 6.07) is 15.6. The van der Waals surface area contributed by atoms with Gasteiger partial charge in [0.15, 0.2) is 6.29 Å². The number of rotatable bonds is 9. The van der Waals surface area contributed by atoms with Crippen LogP contribution >= 0.6 is 23.2 Å². The van der Waals surface area contributed by atoms with Crippen LogP contribution in [0.15, 0.2) is 71.7 Å². The van der Waals surface area contributed by atoms with Crippen molar-refractivity contribution in [1.82, 2.24) is 19.6 Å². The number of carbonyl (C=O) groups excluding carboxylic acids is 2. The van der Waals surface area contributed by atoms with Gasteiger partial charge in [0.2, 0.25) is 5.91 Å². The van der Waals surface area contributed by atoms with Gasteiger partial charge in [-0.3, -0.25) is 19.6 Å². The molecule has 2 fully saturated rings. The van der Waals surface area contributed by atoms with E-state index >= 15 is 0 Å². The summed E-state index contributed by atoms with van der Waals surface area (Å²) >= 11 is 12.5. The lowest BCUT2D eigenvalue weighted by molar-refractivity contribution is -0.138. The van der Waals surface area contributed by atoms with E-state index in [2.05, 4.69) is 0 Å². The number of hydrogen-bond donors (Lipinski definition) is 0. The molecule has 0 saturated carbocycles. The van der Waals surface area contributed by atoms with E-state index in [1.54, 1.807) is 52.9 Å². The summed E-state index contributed by atoms with van der Waals surface area (Å²) in [6.07, 6.45) is -5.05. The van der Waals surface area contributed by atoms with E-state index < -0.39 is 30.1 Å². The number of ether oxygens (including phenoxy) is 3. The molecule has 0 radical (unpaired) electrons. The molecule has 10 nitrogen and oxygen atoms in total. The van der Waals surface area contributed by atoms with Crippen molar-refractivity contribution < 1.29 is 37.0 Å². The monoisotopic (exact) mass is 747 g/mol. The van der Waals surface area contributed by atoms with Crippen LogP contribution in [0, 0.1) is 0 Å². The number of hydrogen-bond acceptors (Lipinski definition) is 7. The SMILES string of the molecule is CCOc1cc(C(F)(F)F)ccc1C1=NC(c2ccc(Cl)cc2)C(c2ccc(Cl)cc2)N1C(=O)N1CCN(CC(=O)N(C)CC2OCCO2)CC1. The highest BCUT2D eigenvalue weighted by Crippen LogP contribution is 2.46. The fourth-order valence-corrected chi connectivity index (χ4v) is 6.66. The molecule has 2 atom stereocenters. The number of aliphatic imine (C=N–C) groups is 1. The normalized spacial score (nSPS) is 20.1. The number of nitrogens with zero attached hydrogens (tertiary/aromatic N) is 5. The molecule has 0 aromatic heterocycles. The first-order valence-corrected chi connectivity index (χ1v) is 17.4. The summed E-state index contributed by atoms with van der Waals surface area (Å²) in [7, 11) is 1.70. The van der Waals surface area contributed by atoms with Crippen LogP contribution in [0.4, 0.5) is 18.0 Å². The van der Waals surface area contributed by atoms with Crippen molar-refractivity contribution in [2.24, 2.45) is 4.99 Å². The molecule has 3 aliphatic rings. The molecule has 3 aromatic carbocycles. The van der Waals surface area contributed by atoms with Crippen LogP contribution in [-0.2, 0) is 20.4 Å². The van der Waals surface area contributed by atoms with Crippen LogP contribution in [0.5, 0.6) is 5.75 Å². The lowest BCUT2D eigenvalue weighted by atomic mass is 9.93. The third-order valence-electron chi connectivity index (χ3n) is 9.09. The Balaban J connectivity index is 1.32. The maximum atomic E-state index is 14.8. The topological polar surface area (TPSA) is 87.2 Å². The Bertz CT molecular complexity index is 1730. The zero-order chi connectivity index (χ0) is 36.3. The second kappa shape index (κ2) is 15.8. The first-order chi connectivity index (χ1) is 24.4. The van der Waals surface area contributed by atoms with Gasteiger partial charge in [-0.1, -0.05) is 47.5 Å². The van der Waals surface area contributed by atoms with Gasteiger partial charge in [-0.15, -0.1) is 0 Å². The first kappa shape index (κ1) is 36.9. The molecule has 0 aliphatic carbocycles. The molecule has 3 aromatic rings. The van der Waals surface area contributed by atoms with E-state index in [1.165, 1.54) is 6.07 Å². The number of amidine groups is 1. The Morgan fingerprint density at radius 3 is 2.12 bits per heavy atom. The molecule has 3 amide bonds. The number of carbonyl (C=O) groups is 2. The molecule has 0 N–H and O–H groups in total. The van der Waals surface area contributed by atoms with E-state index in [0.29, 0.717) is 56.0 Å². The third-order valence-corrected chi connectivity index (χ3v) is 9.59. The Morgan fingerprint density at radius 1 is 0.922 bits per heavy atom. The number of likely N-dealkylation sites (N-methyl/N-ethyl adjacent to an activating group) is 1. The van der Waals surface area contributed by atoms with Crippen molar-refractivity contribution in [3.63, 3.8) is 0 Å². The van der Waals surface area contributed by atoms with Crippen LogP contribution in [0.3, 0.4) is 0 Å².